The summed E-state index contributed by atoms with van der Waals surface area (Å²) in [5.41, 5.74) is 0.395. The number of phenols is 1. The first-order valence-electron chi connectivity index (χ1n) is 6.93. The van der Waals surface area contributed by atoms with E-state index >= 15 is 0 Å². The molecule has 1 heterocycles. The molecule has 1 saturated heterocycles. The Kier molecular flexibility index (Phi) is 4.69. The Labute approximate surface area is 124 Å². The molecule has 21 heavy (non-hydrogen) atoms. The highest BCUT2D eigenvalue weighted by Gasteiger charge is 2.35. The van der Waals surface area contributed by atoms with Crippen LogP contribution in [0.3, 0.4) is 0 Å². The number of likely N-dealkylation sites (N-methyl/N-ethyl adjacent to an activating group) is 1. The maximum atomic E-state index is 12.6. The number of hydrogen-bond donors (Lipinski definition) is 2. The third kappa shape index (κ3) is 3.46. The average molecular weight is 294 g/mol. The predicted octanol–water partition coefficient (Wildman–Crippen LogP) is 0.538. The van der Waals surface area contributed by atoms with Crippen molar-refractivity contribution < 1.29 is 19.7 Å². The Morgan fingerprint density at radius 1 is 1.48 bits per heavy atom. The lowest BCUT2D eigenvalue weighted by molar-refractivity contribution is 0.0698. The van der Waals surface area contributed by atoms with Gasteiger partial charge in [-0.1, -0.05) is 0 Å². The van der Waals surface area contributed by atoms with E-state index in [9.17, 15) is 15.0 Å². The molecule has 1 aliphatic rings. The molecule has 0 bridgehead atoms. The maximum absolute atomic E-state index is 12.6. The van der Waals surface area contributed by atoms with Crippen LogP contribution in [0.25, 0.3) is 0 Å². The topological polar surface area (TPSA) is 73.2 Å². The van der Waals surface area contributed by atoms with Gasteiger partial charge < -0.3 is 24.7 Å². The quantitative estimate of drug-likeness (QED) is 0.848. The number of carbonyl (C=O) groups is 1. The van der Waals surface area contributed by atoms with Crippen molar-refractivity contribution in [2.24, 2.45) is 0 Å². The molecule has 0 aromatic heterocycles. The zero-order chi connectivity index (χ0) is 15.6. The van der Waals surface area contributed by atoms with Gasteiger partial charge in [-0.25, -0.2) is 0 Å². The van der Waals surface area contributed by atoms with Gasteiger partial charge in [-0.05, 0) is 38.7 Å². The molecular formula is C15H22N2O4. The highest BCUT2D eigenvalue weighted by atomic mass is 16.5. The number of benzene rings is 1. The standard InChI is InChI=1S/C15H22N2O4/c1-16(2)8-11-7-12(18)9-17(11)15(20)10-4-5-14(21-3)13(19)6-10/h4-6,11-12,18-19H,7-9H2,1-3H3. The van der Waals surface area contributed by atoms with Gasteiger partial charge in [-0.3, -0.25) is 4.79 Å². The van der Waals surface area contributed by atoms with E-state index in [1.165, 1.54) is 13.2 Å². The van der Waals surface area contributed by atoms with Crippen LogP contribution in [0.15, 0.2) is 18.2 Å². The summed E-state index contributed by atoms with van der Waals surface area (Å²) in [4.78, 5) is 16.2. The zero-order valence-corrected chi connectivity index (χ0v) is 12.6. The molecule has 116 valence electrons. The summed E-state index contributed by atoms with van der Waals surface area (Å²) in [6, 6.07) is 4.57. The van der Waals surface area contributed by atoms with Crippen molar-refractivity contribution in [3.8, 4) is 11.5 Å². The van der Waals surface area contributed by atoms with Gasteiger partial charge in [0.2, 0.25) is 0 Å². The van der Waals surface area contributed by atoms with E-state index in [1.807, 2.05) is 19.0 Å². The number of methoxy groups -OCH3 is 1. The van der Waals surface area contributed by atoms with E-state index < -0.39 is 6.10 Å². The van der Waals surface area contributed by atoms with Crippen LogP contribution in [0.4, 0.5) is 0 Å². The van der Waals surface area contributed by atoms with Crippen molar-refractivity contribution in [1.29, 1.82) is 0 Å². The van der Waals surface area contributed by atoms with Crippen molar-refractivity contribution >= 4 is 5.91 Å². The Morgan fingerprint density at radius 3 is 2.76 bits per heavy atom. The van der Waals surface area contributed by atoms with Crippen molar-refractivity contribution in [3.05, 3.63) is 23.8 Å². The van der Waals surface area contributed by atoms with E-state index in [-0.39, 0.29) is 17.7 Å². The lowest BCUT2D eigenvalue weighted by Crippen LogP contribution is -2.41. The van der Waals surface area contributed by atoms with Crippen molar-refractivity contribution in [2.75, 3.05) is 34.3 Å². The number of aromatic hydroxyl groups is 1. The first kappa shape index (κ1) is 15.6. The van der Waals surface area contributed by atoms with E-state index in [2.05, 4.69) is 0 Å². The summed E-state index contributed by atoms with van der Waals surface area (Å²) in [5.74, 6) is 0.0847. The molecule has 0 spiro atoms. The van der Waals surface area contributed by atoms with Gasteiger partial charge in [-0.2, -0.15) is 0 Å². The highest BCUT2D eigenvalue weighted by molar-refractivity contribution is 5.95. The summed E-state index contributed by atoms with van der Waals surface area (Å²) in [5, 5.41) is 19.6. The van der Waals surface area contributed by atoms with Crippen LogP contribution in [0.2, 0.25) is 0 Å². The largest absolute Gasteiger partial charge is 0.504 e. The fourth-order valence-electron chi connectivity index (χ4n) is 2.72. The molecule has 1 amide bonds. The molecule has 0 radical (unpaired) electrons. The third-order valence-corrected chi connectivity index (χ3v) is 3.65. The fourth-order valence-corrected chi connectivity index (χ4v) is 2.72. The number of ether oxygens (including phenoxy) is 1. The van der Waals surface area contributed by atoms with E-state index in [1.54, 1.807) is 17.0 Å². The van der Waals surface area contributed by atoms with Gasteiger partial charge in [0.15, 0.2) is 11.5 Å². The number of aliphatic hydroxyl groups excluding tert-OH is 1. The van der Waals surface area contributed by atoms with E-state index in [0.717, 1.165) is 0 Å². The number of likely N-dealkylation sites (tertiary alicyclic amines) is 1. The van der Waals surface area contributed by atoms with Crippen molar-refractivity contribution in [2.45, 2.75) is 18.6 Å². The minimum atomic E-state index is -0.495. The summed E-state index contributed by atoms with van der Waals surface area (Å²) < 4.78 is 4.97. The van der Waals surface area contributed by atoms with Crippen LogP contribution in [-0.4, -0.2) is 72.4 Å². The first-order valence-corrected chi connectivity index (χ1v) is 6.93. The molecule has 0 saturated carbocycles. The average Bonchev–Trinajstić information content (AvgIpc) is 2.77. The van der Waals surface area contributed by atoms with Crippen LogP contribution in [-0.2, 0) is 0 Å². The van der Waals surface area contributed by atoms with Gasteiger partial charge >= 0.3 is 0 Å². The number of β-amino-alcohol motifs (C(OH)–C–C–N with tert-alkyl or cyclic N) is 1. The van der Waals surface area contributed by atoms with Gasteiger partial charge in [0.05, 0.1) is 13.2 Å². The van der Waals surface area contributed by atoms with E-state index in [0.29, 0.717) is 30.8 Å². The van der Waals surface area contributed by atoms with Crippen LogP contribution >= 0.6 is 0 Å². The number of nitrogens with zero attached hydrogens (tertiary/aromatic N) is 2. The van der Waals surface area contributed by atoms with Crippen LogP contribution in [0.5, 0.6) is 11.5 Å². The molecule has 1 aromatic carbocycles. The number of amides is 1. The number of rotatable bonds is 4. The fraction of sp³-hybridized carbons (Fsp3) is 0.533. The summed E-state index contributed by atoms with van der Waals surface area (Å²) in [6.45, 7) is 1.02. The molecule has 2 N–H and O–H groups in total. The van der Waals surface area contributed by atoms with Gasteiger partial charge in [0.25, 0.3) is 5.91 Å². The summed E-state index contributed by atoms with van der Waals surface area (Å²) in [7, 11) is 5.33. The third-order valence-electron chi connectivity index (χ3n) is 3.65. The Hall–Kier alpha value is -1.79. The van der Waals surface area contributed by atoms with E-state index in [4.69, 9.17) is 4.74 Å². The molecule has 1 fully saturated rings. The number of carbonyl (C=O) groups excluding carboxylic acids is 1. The molecule has 1 aromatic rings. The number of phenolic OH excluding ortho intramolecular Hbond substituents is 1. The second-order valence-corrected chi connectivity index (χ2v) is 5.65. The normalized spacial score (nSPS) is 21.9. The second kappa shape index (κ2) is 6.32. The van der Waals surface area contributed by atoms with Crippen LogP contribution in [0, 0.1) is 0 Å². The second-order valence-electron chi connectivity index (χ2n) is 5.65. The van der Waals surface area contributed by atoms with Crippen LogP contribution in [0.1, 0.15) is 16.8 Å². The van der Waals surface area contributed by atoms with Gasteiger partial charge in [-0.15, -0.1) is 0 Å². The number of hydrogen-bond acceptors (Lipinski definition) is 5. The maximum Gasteiger partial charge on any atom is 0.254 e. The summed E-state index contributed by atoms with van der Waals surface area (Å²) in [6.07, 6.45) is 0.0808. The number of aliphatic hydroxyl groups is 1. The first-order chi connectivity index (χ1) is 9.92. The van der Waals surface area contributed by atoms with Crippen molar-refractivity contribution in [3.63, 3.8) is 0 Å². The highest BCUT2D eigenvalue weighted by Crippen LogP contribution is 2.28. The molecular weight excluding hydrogens is 272 g/mol. The summed E-state index contributed by atoms with van der Waals surface area (Å²) >= 11 is 0. The molecule has 2 rings (SSSR count). The molecule has 2 unspecified atom stereocenters. The lowest BCUT2D eigenvalue weighted by Gasteiger charge is -2.27. The smallest absolute Gasteiger partial charge is 0.254 e. The SMILES string of the molecule is COc1ccc(C(=O)N2CC(O)CC2CN(C)C)cc1O. The Morgan fingerprint density at radius 2 is 2.19 bits per heavy atom. The van der Waals surface area contributed by atoms with Crippen LogP contribution < -0.4 is 4.74 Å². The van der Waals surface area contributed by atoms with Crippen molar-refractivity contribution in [1.82, 2.24) is 9.80 Å². The minimum absolute atomic E-state index is 0.0215. The molecule has 6 nitrogen and oxygen atoms in total. The Bertz CT molecular complexity index is 518. The van der Waals surface area contributed by atoms with Gasteiger partial charge in [0, 0.05) is 24.7 Å². The molecule has 0 aliphatic carbocycles. The molecule has 2 atom stereocenters. The minimum Gasteiger partial charge on any atom is -0.504 e. The molecule has 6 heteroatoms. The zero-order valence-electron chi connectivity index (χ0n) is 12.6. The monoisotopic (exact) mass is 294 g/mol. The lowest BCUT2D eigenvalue weighted by atomic mass is 10.1. The molecule has 1 aliphatic heterocycles. The van der Waals surface area contributed by atoms with Gasteiger partial charge in [0.1, 0.15) is 0 Å². The Balaban J connectivity index is 2.19. The predicted molar refractivity (Wildman–Crippen MR) is 78.7 cm³/mol.